The Bertz CT molecular complexity index is 1230. The first kappa shape index (κ1) is 28.8. The fourth-order valence-electron chi connectivity index (χ4n) is 3.64. The summed E-state index contributed by atoms with van der Waals surface area (Å²) < 4.78 is 0. The molecule has 15 nitrogen and oxygen atoms in total. The maximum absolute atomic E-state index is 13.1. The van der Waals surface area contributed by atoms with Crippen LogP contribution < -0.4 is 21.7 Å². The molecule has 4 atom stereocenters. The zero-order valence-corrected chi connectivity index (χ0v) is 20.7. The fourth-order valence-corrected chi connectivity index (χ4v) is 3.64. The van der Waals surface area contributed by atoms with Gasteiger partial charge in [-0.2, -0.15) is 0 Å². The van der Waals surface area contributed by atoms with Crippen LogP contribution in [-0.4, -0.2) is 89.7 Å². The van der Waals surface area contributed by atoms with Gasteiger partial charge in [-0.1, -0.05) is 12.1 Å². The predicted molar refractivity (Wildman–Crippen MR) is 135 cm³/mol. The Kier molecular flexibility index (Phi) is 10.1. The van der Waals surface area contributed by atoms with E-state index in [4.69, 9.17) is 5.73 Å². The Morgan fingerprint density at radius 2 is 1.33 bits per heavy atom. The third-order valence-electron chi connectivity index (χ3n) is 5.75. The van der Waals surface area contributed by atoms with Crippen molar-refractivity contribution in [3.63, 3.8) is 0 Å². The first-order chi connectivity index (χ1) is 18.7. The number of phenolic OH excluding ortho intramolecular Hbond substituents is 1. The number of carbonyl (C=O) groups excluding carboxylic acids is 3. The van der Waals surface area contributed by atoms with E-state index in [0.717, 1.165) is 0 Å². The van der Waals surface area contributed by atoms with Crippen molar-refractivity contribution >= 4 is 23.7 Å². The average molecular weight is 543 g/mol. The van der Waals surface area contributed by atoms with Crippen LogP contribution >= 0.6 is 0 Å². The zero-order valence-electron chi connectivity index (χ0n) is 20.7. The van der Waals surface area contributed by atoms with Crippen molar-refractivity contribution in [2.75, 3.05) is 6.61 Å². The van der Waals surface area contributed by atoms with E-state index in [0.29, 0.717) is 17.0 Å². The van der Waals surface area contributed by atoms with Crippen molar-refractivity contribution in [3.8, 4) is 5.75 Å². The molecule has 0 aliphatic carbocycles. The van der Waals surface area contributed by atoms with E-state index in [1.807, 2.05) is 0 Å². The second kappa shape index (κ2) is 13.7. The van der Waals surface area contributed by atoms with Crippen LogP contribution in [0.15, 0.2) is 49.3 Å². The first-order valence-electron chi connectivity index (χ1n) is 11.9. The van der Waals surface area contributed by atoms with Gasteiger partial charge in [-0.15, -0.1) is 0 Å². The third-order valence-corrected chi connectivity index (χ3v) is 5.75. The van der Waals surface area contributed by atoms with Crippen LogP contribution in [0.1, 0.15) is 17.0 Å². The normalized spacial score (nSPS) is 14.0. The molecule has 4 unspecified atom stereocenters. The van der Waals surface area contributed by atoms with Gasteiger partial charge in [-0.25, -0.2) is 14.8 Å². The van der Waals surface area contributed by atoms with Crippen molar-refractivity contribution in [1.82, 2.24) is 35.9 Å². The number of nitrogens with two attached hydrogens (primary N) is 1. The van der Waals surface area contributed by atoms with Crippen LogP contribution in [0, 0.1) is 0 Å². The molecule has 3 aromatic rings. The highest BCUT2D eigenvalue weighted by molar-refractivity contribution is 5.94. The second-order valence-corrected chi connectivity index (χ2v) is 8.74. The Morgan fingerprint density at radius 1 is 0.795 bits per heavy atom. The lowest BCUT2D eigenvalue weighted by Gasteiger charge is -2.24. The largest absolute Gasteiger partial charge is 0.508 e. The van der Waals surface area contributed by atoms with Gasteiger partial charge in [0.15, 0.2) is 0 Å². The summed E-state index contributed by atoms with van der Waals surface area (Å²) in [7, 11) is 0. The summed E-state index contributed by atoms with van der Waals surface area (Å²) in [6, 6.07) is 0.637. The molecule has 0 spiro atoms. The van der Waals surface area contributed by atoms with Crippen LogP contribution in [0.3, 0.4) is 0 Å². The minimum atomic E-state index is -1.51. The van der Waals surface area contributed by atoms with Crippen molar-refractivity contribution < 1.29 is 34.5 Å². The number of hydrogen-bond donors (Lipinski definition) is 9. The molecule has 0 radical (unpaired) electrons. The summed E-state index contributed by atoms with van der Waals surface area (Å²) >= 11 is 0. The molecule has 3 amide bonds. The summed E-state index contributed by atoms with van der Waals surface area (Å²) in [6.45, 7) is -0.840. The van der Waals surface area contributed by atoms with Crippen LogP contribution in [-0.2, 0) is 38.4 Å². The van der Waals surface area contributed by atoms with Crippen molar-refractivity contribution in [3.05, 3.63) is 66.3 Å². The minimum absolute atomic E-state index is 0.00300. The number of aromatic nitrogens is 4. The highest BCUT2D eigenvalue weighted by atomic mass is 16.4. The summed E-state index contributed by atoms with van der Waals surface area (Å²) in [4.78, 5) is 63.8. The Labute approximate surface area is 222 Å². The number of aliphatic carboxylic acids is 1. The first-order valence-corrected chi connectivity index (χ1v) is 11.9. The van der Waals surface area contributed by atoms with Gasteiger partial charge in [0.2, 0.25) is 17.7 Å². The lowest BCUT2D eigenvalue weighted by molar-refractivity contribution is -0.142. The van der Waals surface area contributed by atoms with Crippen LogP contribution in [0.4, 0.5) is 0 Å². The van der Waals surface area contributed by atoms with Crippen LogP contribution in [0.25, 0.3) is 0 Å². The number of nitrogens with one attached hydrogen (secondary N) is 5. The van der Waals surface area contributed by atoms with E-state index >= 15 is 0 Å². The van der Waals surface area contributed by atoms with Gasteiger partial charge in [-0.05, 0) is 17.7 Å². The number of aromatic amines is 2. The molecule has 39 heavy (non-hydrogen) atoms. The SMILES string of the molecule is NC(Cc1cnc[nH]1)C(=O)NC(Cc1cnc[nH]1)C(=O)NC(CO)C(=O)NC(Cc1ccc(O)cc1)C(=O)O. The molecule has 2 aromatic heterocycles. The van der Waals surface area contributed by atoms with E-state index in [1.165, 1.54) is 49.3 Å². The molecule has 15 heteroatoms. The number of amides is 3. The summed E-state index contributed by atoms with van der Waals surface area (Å²) in [5, 5.41) is 35.9. The number of carboxylic acids is 1. The average Bonchev–Trinajstić information content (AvgIpc) is 3.62. The molecule has 208 valence electrons. The number of hydrogen-bond acceptors (Lipinski definition) is 9. The number of carboxylic acid groups (broad SMARTS) is 1. The number of H-pyrrole nitrogens is 2. The smallest absolute Gasteiger partial charge is 0.326 e. The monoisotopic (exact) mass is 542 g/mol. The van der Waals surface area contributed by atoms with Gasteiger partial charge in [-0.3, -0.25) is 14.4 Å². The molecule has 0 fully saturated rings. The van der Waals surface area contributed by atoms with E-state index in [2.05, 4.69) is 35.9 Å². The molecule has 3 rings (SSSR count). The number of aromatic hydroxyl groups is 1. The Balaban J connectivity index is 1.66. The molecule has 0 bridgehead atoms. The number of imidazole rings is 2. The van der Waals surface area contributed by atoms with E-state index in [-0.39, 0.29) is 25.0 Å². The van der Waals surface area contributed by atoms with E-state index in [9.17, 15) is 34.5 Å². The van der Waals surface area contributed by atoms with Crippen molar-refractivity contribution in [2.45, 2.75) is 43.4 Å². The molecule has 10 N–H and O–H groups in total. The zero-order chi connectivity index (χ0) is 28.4. The number of phenols is 1. The summed E-state index contributed by atoms with van der Waals surface area (Å²) in [6.07, 6.45) is 5.77. The second-order valence-electron chi connectivity index (χ2n) is 8.74. The quantitative estimate of drug-likeness (QED) is 0.106. The summed E-state index contributed by atoms with van der Waals surface area (Å²) in [5.41, 5.74) is 7.62. The number of rotatable bonds is 14. The summed E-state index contributed by atoms with van der Waals surface area (Å²) in [5.74, 6) is -3.74. The maximum atomic E-state index is 13.1. The highest BCUT2D eigenvalue weighted by Gasteiger charge is 2.30. The Morgan fingerprint density at radius 3 is 1.87 bits per heavy atom. The number of aliphatic hydroxyl groups is 1. The molecule has 0 aliphatic rings. The molecule has 2 heterocycles. The number of benzene rings is 1. The van der Waals surface area contributed by atoms with Gasteiger partial charge in [0, 0.05) is 43.0 Å². The third kappa shape index (κ3) is 8.65. The van der Waals surface area contributed by atoms with Gasteiger partial charge in [0.05, 0.1) is 25.3 Å². The van der Waals surface area contributed by atoms with Crippen molar-refractivity contribution in [1.29, 1.82) is 0 Å². The number of carbonyl (C=O) groups is 4. The molecule has 1 aromatic carbocycles. The van der Waals surface area contributed by atoms with Gasteiger partial charge in [0.25, 0.3) is 0 Å². The van der Waals surface area contributed by atoms with Gasteiger partial charge >= 0.3 is 5.97 Å². The lowest BCUT2D eigenvalue weighted by atomic mass is 10.1. The van der Waals surface area contributed by atoms with Crippen molar-refractivity contribution in [2.24, 2.45) is 5.73 Å². The van der Waals surface area contributed by atoms with E-state index < -0.39 is 54.5 Å². The molecule has 0 saturated heterocycles. The van der Waals surface area contributed by atoms with Crippen LogP contribution in [0.5, 0.6) is 5.75 Å². The molecule has 0 aliphatic heterocycles. The number of nitrogens with zero attached hydrogens (tertiary/aromatic N) is 2. The highest BCUT2D eigenvalue weighted by Crippen LogP contribution is 2.12. The van der Waals surface area contributed by atoms with Gasteiger partial charge < -0.3 is 47.0 Å². The topological polar surface area (TPSA) is 248 Å². The molecular formula is C24H30N8O7. The maximum Gasteiger partial charge on any atom is 0.326 e. The lowest BCUT2D eigenvalue weighted by Crippen LogP contribution is -2.58. The molecule has 0 saturated carbocycles. The number of aliphatic hydroxyl groups excluding tert-OH is 1. The molecular weight excluding hydrogens is 512 g/mol. The fraction of sp³-hybridized carbons (Fsp3) is 0.333. The minimum Gasteiger partial charge on any atom is -0.508 e. The Hall–Kier alpha value is -4.76. The standard InChI is InChI=1S/C24H30N8O7/c25-17(6-14-8-26-11-28-14)21(35)30-18(7-15-9-27-12-29-15)22(36)32-20(10-33)23(37)31-19(24(38)39)5-13-1-3-16(34)4-2-13/h1-4,8-9,11-12,17-20,33-34H,5-7,10,25H2,(H,26,28)(H,27,29)(H,30,35)(H,31,37)(H,32,36)(H,38,39). The predicted octanol–water partition coefficient (Wildman–Crippen LogP) is -2.28. The van der Waals surface area contributed by atoms with E-state index in [1.54, 1.807) is 0 Å². The van der Waals surface area contributed by atoms with Crippen LogP contribution in [0.2, 0.25) is 0 Å². The van der Waals surface area contributed by atoms with Gasteiger partial charge in [0.1, 0.15) is 23.9 Å².